The van der Waals surface area contributed by atoms with Gasteiger partial charge in [-0.2, -0.15) is 4.98 Å². The van der Waals surface area contributed by atoms with E-state index in [-0.39, 0.29) is 18.0 Å². The Bertz CT molecular complexity index is 1030. The second-order valence-electron chi connectivity index (χ2n) is 6.76. The van der Waals surface area contributed by atoms with Crippen molar-refractivity contribution in [2.45, 2.75) is 51.1 Å². The zero-order valence-electron chi connectivity index (χ0n) is 13.7. The number of hydrogen-bond acceptors (Lipinski definition) is 7. The van der Waals surface area contributed by atoms with E-state index in [9.17, 15) is 4.79 Å². The number of thiophene rings is 1. The molecule has 2 aliphatic rings. The van der Waals surface area contributed by atoms with Gasteiger partial charge >= 0.3 is 0 Å². The van der Waals surface area contributed by atoms with Crippen molar-refractivity contribution in [2.75, 3.05) is 0 Å². The van der Waals surface area contributed by atoms with Gasteiger partial charge in [0.15, 0.2) is 5.82 Å². The Morgan fingerprint density at radius 2 is 2.08 bits per heavy atom. The van der Waals surface area contributed by atoms with Crippen molar-refractivity contribution in [3.63, 3.8) is 0 Å². The summed E-state index contributed by atoms with van der Waals surface area (Å²) in [5.74, 6) is 1.88. The maximum Gasteiger partial charge on any atom is 0.268 e. The summed E-state index contributed by atoms with van der Waals surface area (Å²) in [6.07, 6.45) is 4.70. The van der Waals surface area contributed by atoms with Gasteiger partial charge in [0.05, 0.1) is 15.8 Å². The molecule has 7 nitrogen and oxygen atoms in total. The van der Waals surface area contributed by atoms with Crippen LogP contribution in [0.15, 0.2) is 9.32 Å². The third-order valence-electron chi connectivity index (χ3n) is 5.22. The fourth-order valence-corrected chi connectivity index (χ4v) is 4.69. The van der Waals surface area contributed by atoms with Gasteiger partial charge in [0.2, 0.25) is 0 Å². The van der Waals surface area contributed by atoms with Crippen molar-refractivity contribution in [3.05, 3.63) is 27.6 Å². The van der Waals surface area contributed by atoms with Gasteiger partial charge in [-0.15, -0.1) is 23.7 Å². The normalized spacial score (nSPS) is 18.0. The lowest BCUT2D eigenvalue weighted by molar-refractivity contribution is 0.229. The average Bonchev–Trinajstić information content (AvgIpc) is 3.24. The first-order valence-corrected chi connectivity index (χ1v) is 9.05. The molecule has 1 aliphatic carbocycles. The summed E-state index contributed by atoms with van der Waals surface area (Å²) in [6, 6.07) is 0. The van der Waals surface area contributed by atoms with Crippen LogP contribution < -0.4 is 11.3 Å². The van der Waals surface area contributed by atoms with E-state index in [1.165, 1.54) is 11.3 Å². The van der Waals surface area contributed by atoms with E-state index in [0.717, 1.165) is 59.7 Å². The van der Waals surface area contributed by atoms with Gasteiger partial charge in [-0.25, -0.2) is 4.98 Å². The van der Waals surface area contributed by atoms with Crippen LogP contribution in [0.2, 0.25) is 0 Å². The number of aryl methyl sites for hydroxylation is 2. The zero-order valence-corrected chi connectivity index (χ0v) is 15.4. The summed E-state index contributed by atoms with van der Waals surface area (Å²) in [4.78, 5) is 23.5. The van der Waals surface area contributed by atoms with Crippen molar-refractivity contribution in [3.8, 4) is 10.8 Å². The highest BCUT2D eigenvalue weighted by Gasteiger charge is 2.39. The molecule has 9 heteroatoms. The van der Waals surface area contributed by atoms with E-state index in [1.54, 1.807) is 4.57 Å². The molecule has 0 unspecified atom stereocenters. The first kappa shape index (κ1) is 16.7. The molecule has 3 aromatic heterocycles. The Morgan fingerprint density at radius 3 is 2.80 bits per heavy atom. The number of fused-ring (bicyclic) bond motifs is 2. The highest BCUT2D eigenvalue weighted by atomic mass is 35.5. The van der Waals surface area contributed by atoms with Crippen molar-refractivity contribution in [1.82, 2.24) is 19.7 Å². The Hall–Kier alpha value is -1.77. The number of aromatic nitrogens is 4. The van der Waals surface area contributed by atoms with Crippen LogP contribution in [0.3, 0.4) is 0 Å². The Balaban J connectivity index is 0.00000157. The molecule has 2 N–H and O–H groups in total. The Morgan fingerprint density at radius 1 is 1.28 bits per heavy atom. The number of hydrogen-bond donors (Lipinski definition) is 1. The number of nitrogens with two attached hydrogens (primary N) is 1. The molecule has 4 heterocycles. The van der Waals surface area contributed by atoms with Crippen LogP contribution in [-0.2, 0) is 18.5 Å². The summed E-state index contributed by atoms with van der Waals surface area (Å²) >= 11 is 1.45. The summed E-state index contributed by atoms with van der Waals surface area (Å²) in [5, 5.41) is 4.75. The van der Waals surface area contributed by atoms with Gasteiger partial charge in [-0.3, -0.25) is 9.36 Å². The van der Waals surface area contributed by atoms with E-state index in [2.05, 4.69) is 15.1 Å². The van der Waals surface area contributed by atoms with Crippen LogP contribution in [0.1, 0.15) is 42.9 Å². The lowest BCUT2D eigenvalue weighted by Gasteiger charge is -2.34. The second kappa shape index (κ2) is 5.62. The van der Waals surface area contributed by atoms with Crippen LogP contribution in [0.25, 0.3) is 21.0 Å². The number of rotatable bonds is 2. The summed E-state index contributed by atoms with van der Waals surface area (Å²) in [6.45, 7) is 2.67. The largest absolute Gasteiger partial charge is 0.333 e. The van der Waals surface area contributed by atoms with Crippen LogP contribution in [0.4, 0.5) is 0 Å². The molecule has 132 valence electrons. The minimum Gasteiger partial charge on any atom is -0.333 e. The third kappa shape index (κ3) is 2.28. The summed E-state index contributed by atoms with van der Waals surface area (Å²) < 4.78 is 7.24. The van der Waals surface area contributed by atoms with Gasteiger partial charge in [0.25, 0.3) is 11.4 Å². The molecule has 0 bridgehead atoms. The molecule has 1 aliphatic heterocycles. The zero-order chi connectivity index (χ0) is 16.5. The highest BCUT2D eigenvalue weighted by molar-refractivity contribution is 7.22. The van der Waals surface area contributed by atoms with Crippen LogP contribution in [-0.4, -0.2) is 19.7 Å². The molecule has 0 radical (unpaired) electrons. The standard InChI is InChI=1S/C16H17N5O2S.ClH/c1-8-10-13(18-9-4-2-7-21(9)14(10)22)24-11(8)12-19-15(20-23-12)16(17)5-3-6-16;/h2-7,17H2,1H3;1H. The molecule has 1 saturated carbocycles. The SMILES string of the molecule is Cc1c(-c2nc(C3(N)CCC3)no2)sc2nc3n(c(=O)c12)CCC3.Cl. The highest BCUT2D eigenvalue weighted by Crippen LogP contribution is 2.40. The molecule has 5 rings (SSSR count). The second-order valence-corrected chi connectivity index (χ2v) is 7.76. The van der Waals surface area contributed by atoms with Gasteiger partial charge < -0.3 is 10.3 Å². The van der Waals surface area contributed by atoms with E-state index in [4.69, 9.17) is 10.3 Å². The maximum absolute atomic E-state index is 12.7. The van der Waals surface area contributed by atoms with E-state index >= 15 is 0 Å². The predicted octanol–water partition coefficient (Wildman–Crippen LogP) is 2.52. The molecule has 0 saturated heterocycles. The quantitative estimate of drug-likeness (QED) is 0.734. The van der Waals surface area contributed by atoms with E-state index in [0.29, 0.717) is 17.1 Å². The number of halogens is 1. The maximum atomic E-state index is 12.7. The van der Waals surface area contributed by atoms with Gasteiger partial charge in [-0.1, -0.05) is 5.16 Å². The Labute approximate surface area is 153 Å². The lowest BCUT2D eigenvalue weighted by atomic mass is 9.77. The van der Waals surface area contributed by atoms with Crippen LogP contribution >= 0.6 is 23.7 Å². The summed E-state index contributed by atoms with van der Waals surface area (Å²) in [7, 11) is 0. The molecule has 25 heavy (non-hydrogen) atoms. The first-order valence-electron chi connectivity index (χ1n) is 8.23. The van der Waals surface area contributed by atoms with Crippen molar-refractivity contribution in [2.24, 2.45) is 5.73 Å². The van der Waals surface area contributed by atoms with Gasteiger partial charge in [-0.05, 0) is 38.2 Å². The first-order chi connectivity index (χ1) is 11.6. The predicted molar refractivity (Wildman–Crippen MR) is 97.2 cm³/mol. The molecule has 0 aromatic carbocycles. The molecule has 1 fully saturated rings. The Kier molecular flexibility index (Phi) is 3.75. The monoisotopic (exact) mass is 379 g/mol. The molecule has 0 amide bonds. The molecular formula is C16H18ClN5O2S. The summed E-state index contributed by atoms with van der Waals surface area (Å²) in [5.41, 5.74) is 6.73. The molecule has 0 atom stereocenters. The van der Waals surface area contributed by atoms with E-state index < -0.39 is 5.54 Å². The molecular weight excluding hydrogens is 362 g/mol. The fourth-order valence-electron chi connectivity index (χ4n) is 3.58. The third-order valence-corrected chi connectivity index (χ3v) is 6.40. The van der Waals surface area contributed by atoms with Crippen molar-refractivity contribution < 1.29 is 4.52 Å². The fraction of sp³-hybridized carbons (Fsp3) is 0.500. The number of nitrogens with zero attached hydrogens (tertiary/aromatic N) is 4. The smallest absolute Gasteiger partial charge is 0.268 e. The van der Waals surface area contributed by atoms with Crippen LogP contribution in [0, 0.1) is 6.92 Å². The van der Waals surface area contributed by atoms with Crippen LogP contribution in [0.5, 0.6) is 0 Å². The lowest BCUT2D eigenvalue weighted by Crippen LogP contribution is -2.44. The minimum absolute atomic E-state index is 0. The van der Waals surface area contributed by atoms with Gasteiger partial charge in [0, 0.05) is 13.0 Å². The minimum atomic E-state index is -0.453. The van der Waals surface area contributed by atoms with Crippen molar-refractivity contribution in [1.29, 1.82) is 0 Å². The molecule has 0 spiro atoms. The average molecular weight is 380 g/mol. The topological polar surface area (TPSA) is 99.8 Å². The van der Waals surface area contributed by atoms with Gasteiger partial charge in [0.1, 0.15) is 10.7 Å². The van der Waals surface area contributed by atoms with E-state index in [1.807, 2.05) is 6.92 Å². The van der Waals surface area contributed by atoms with Crippen molar-refractivity contribution >= 4 is 34.0 Å². The molecule has 3 aromatic rings.